The summed E-state index contributed by atoms with van der Waals surface area (Å²) in [5.41, 5.74) is 3.77. The lowest BCUT2D eigenvalue weighted by atomic mass is 9.98. The van der Waals surface area contributed by atoms with E-state index < -0.39 is 0 Å². The van der Waals surface area contributed by atoms with E-state index in [9.17, 15) is 0 Å². The molecule has 2 aromatic rings. The third-order valence-electron chi connectivity index (χ3n) is 3.42. The van der Waals surface area contributed by atoms with Crippen LogP contribution in [0.4, 0.5) is 0 Å². The predicted octanol–water partition coefficient (Wildman–Crippen LogP) is 3.80. The van der Waals surface area contributed by atoms with Crippen molar-refractivity contribution in [1.29, 1.82) is 0 Å². The second-order valence-electron chi connectivity index (χ2n) is 4.61. The molecule has 0 aliphatic carbocycles. The van der Waals surface area contributed by atoms with Crippen molar-refractivity contribution in [3.8, 4) is 0 Å². The molecule has 0 bridgehead atoms. The highest BCUT2D eigenvalue weighted by atomic mass is 35.5. The normalized spacial score (nSPS) is 12.4. The summed E-state index contributed by atoms with van der Waals surface area (Å²) in [7, 11) is 1.98. The summed E-state index contributed by atoms with van der Waals surface area (Å²) in [6.45, 7) is 2.17. The van der Waals surface area contributed by atoms with Gasteiger partial charge < -0.3 is 5.32 Å². The number of pyridine rings is 1. The second kappa shape index (κ2) is 6.69. The first kappa shape index (κ1) is 14.0. The van der Waals surface area contributed by atoms with Crippen molar-refractivity contribution in [3.05, 3.63) is 64.4 Å². The van der Waals surface area contributed by atoms with Crippen LogP contribution in [0.3, 0.4) is 0 Å². The number of nitrogens with one attached hydrogen (secondary N) is 1. The Balaban J connectivity index is 2.17. The van der Waals surface area contributed by atoms with Crippen LogP contribution in [0.5, 0.6) is 0 Å². The third-order valence-corrected chi connectivity index (χ3v) is 3.76. The molecule has 0 saturated heterocycles. The van der Waals surface area contributed by atoms with Gasteiger partial charge in [-0.25, -0.2) is 0 Å². The Morgan fingerprint density at radius 1 is 1.21 bits per heavy atom. The van der Waals surface area contributed by atoms with E-state index in [1.165, 1.54) is 11.1 Å². The molecule has 19 heavy (non-hydrogen) atoms. The first-order valence-corrected chi connectivity index (χ1v) is 6.97. The lowest BCUT2D eigenvalue weighted by Crippen LogP contribution is -2.19. The van der Waals surface area contributed by atoms with Gasteiger partial charge in [0.05, 0.1) is 5.02 Å². The van der Waals surface area contributed by atoms with Gasteiger partial charge in [0, 0.05) is 18.4 Å². The molecule has 2 rings (SSSR count). The van der Waals surface area contributed by atoms with Gasteiger partial charge in [-0.05, 0) is 42.6 Å². The Morgan fingerprint density at radius 2 is 1.95 bits per heavy atom. The maximum absolute atomic E-state index is 6.17. The fourth-order valence-electron chi connectivity index (χ4n) is 2.16. The van der Waals surface area contributed by atoms with Crippen LogP contribution in [0.25, 0.3) is 0 Å². The minimum absolute atomic E-state index is 0.269. The maximum atomic E-state index is 6.17. The summed E-state index contributed by atoms with van der Waals surface area (Å²) >= 11 is 6.17. The molecule has 0 fully saturated rings. The van der Waals surface area contributed by atoms with E-state index in [2.05, 4.69) is 41.5 Å². The van der Waals surface area contributed by atoms with Crippen LogP contribution in [0.15, 0.2) is 42.7 Å². The zero-order valence-corrected chi connectivity index (χ0v) is 12.1. The smallest absolute Gasteiger partial charge is 0.0622 e. The molecule has 2 nitrogen and oxygen atoms in total. The molecule has 1 N–H and O–H groups in total. The van der Waals surface area contributed by atoms with Gasteiger partial charge in [0.15, 0.2) is 0 Å². The van der Waals surface area contributed by atoms with Crippen molar-refractivity contribution >= 4 is 11.6 Å². The highest BCUT2D eigenvalue weighted by Crippen LogP contribution is 2.23. The van der Waals surface area contributed by atoms with E-state index in [1.807, 2.05) is 13.1 Å². The Bertz CT molecular complexity index is 523. The zero-order valence-electron chi connectivity index (χ0n) is 11.4. The van der Waals surface area contributed by atoms with E-state index in [-0.39, 0.29) is 6.04 Å². The monoisotopic (exact) mass is 274 g/mol. The number of halogens is 1. The van der Waals surface area contributed by atoms with Crippen molar-refractivity contribution in [1.82, 2.24) is 10.3 Å². The van der Waals surface area contributed by atoms with Crippen molar-refractivity contribution in [2.24, 2.45) is 0 Å². The van der Waals surface area contributed by atoms with Gasteiger partial charge in [0.2, 0.25) is 0 Å². The number of hydrogen-bond donors (Lipinski definition) is 1. The van der Waals surface area contributed by atoms with E-state index >= 15 is 0 Å². The Hall–Kier alpha value is -1.38. The number of hydrogen-bond acceptors (Lipinski definition) is 2. The molecule has 1 atom stereocenters. The molecule has 1 unspecified atom stereocenters. The topological polar surface area (TPSA) is 24.9 Å². The molecule has 0 amide bonds. The standard InChI is InChI=1S/C16H19ClN2/c1-3-12-4-6-13(7-5-12)16(18-2)10-14-8-9-19-11-15(14)17/h4-9,11,16,18H,3,10H2,1-2H3. The summed E-state index contributed by atoms with van der Waals surface area (Å²) in [4.78, 5) is 4.02. The number of aromatic nitrogens is 1. The molecule has 1 aromatic carbocycles. The van der Waals surface area contributed by atoms with Crippen molar-refractivity contribution in [2.75, 3.05) is 7.05 Å². The van der Waals surface area contributed by atoms with Crippen molar-refractivity contribution in [2.45, 2.75) is 25.8 Å². The summed E-state index contributed by atoms with van der Waals surface area (Å²) in [6.07, 6.45) is 5.42. The van der Waals surface area contributed by atoms with E-state index in [4.69, 9.17) is 11.6 Å². The van der Waals surface area contributed by atoms with Crippen LogP contribution in [0, 0.1) is 0 Å². The third kappa shape index (κ3) is 3.55. The Morgan fingerprint density at radius 3 is 2.53 bits per heavy atom. The van der Waals surface area contributed by atoms with Crippen LogP contribution in [-0.2, 0) is 12.8 Å². The summed E-state index contributed by atoms with van der Waals surface area (Å²) in [5, 5.41) is 4.08. The zero-order chi connectivity index (χ0) is 13.7. The number of benzene rings is 1. The fraction of sp³-hybridized carbons (Fsp3) is 0.312. The molecular weight excluding hydrogens is 256 g/mol. The van der Waals surface area contributed by atoms with E-state index in [0.29, 0.717) is 0 Å². The molecule has 1 heterocycles. The van der Waals surface area contributed by atoms with Crippen molar-refractivity contribution < 1.29 is 0 Å². The second-order valence-corrected chi connectivity index (χ2v) is 5.01. The molecule has 100 valence electrons. The van der Waals surface area contributed by atoms with E-state index in [1.54, 1.807) is 12.4 Å². The summed E-state index contributed by atoms with van der Waals surface area (Å²) in [5.74, 6) is 0. The molecule has 0 saturated carbocycles. The SMILES string of the molecule is CCc1ccc(C(Cc2ccncc2Cl)NC)cc1. The average Bonchev–Trinajstić information content (AvgIpc) is 2.47. The van der Waals surface area contributed by atoms with Gasteiger partial charge >= 0.3 is 0 Å². The van der Waals surface area contributed by atoms with Gasteiger partial charge in [-0.1, -0.05) is 42.8 Å². The van der Waals surface area contributed by atoms with Gasteiger partial charge in [0.1, 0.15) is 0 Å². The molecule has 0 aliphatic rings. The molecule has 0 aliphatic heterocycles. The predicted molar refractivity (Wildman–Crippen MR) is 80.6 cm³/mol. The first-order chi connectivity index (χ1) is 9.24. The van der Waals surface area contributed by atoms with Crippen LogP contribution >= 0.6 is 11.6 Å². The molecule has 0 spiro atoms. The minimum Gasteiger partial charge on any atom is -0.313 e. The lowest BCUT2D eigenvalue weighted by molar-refractivity contribution is 0.591. The van der Waals surface area contributed by atoms with Gasteiger partial charge in [-0.15, -0.1) is 0 Å². The highest BCUT2D eigenvalue weighted by molar-refractivity contribution is 6.31. The number of aryl methyl sites for hydroxylation is 1. The molecular formula is C16H19ClN2. The first-order valence-electron chi connectivity index (χ1n) is 6.59. The van der Waals surface area contributed by atoms with Crippen LogP contribution < -0.4 is 5.32 Å². The highest BCUT2D eigenvalue weighted by Gasteiger charge is 2.12. The number of rotatable bonds is 5. The van der Waals surface area contributed by atoms with Gasteiger partial charge in [-0.2, -0.15) is 0 Å². The summed E-state index contributed by atoms with van der Waals surface area (Å²) < 4.78 is 0. The van der Waals surface area contributed by atoms with Crippen LogP contribution in [0.2, 0.25) is 5.02 Å². The number of nitrogens with zero attached hydrogens (tertiary/aromatic N) is 1. The van der Waals surface area contributed by atoms with Gasteiger partial charge in [0.25, 0.3) is 0 Å². The minimum atomic E-state index is 0.269. The van der Waals surface area contributed by atoms with E-state index in [0.717, 1.165) is 23.4 Å². The largest absolute Gasteiger partial charge is 0.313 e. The van der Waals surface area contributed by atoms with Gasteiger partial charge in [-0.3, -0.25) is 4.98 Å². The average molecular weight is 275 g/mol. The lowest BCUT2D eigenvalue weighted by Gasteiger charge is -2.17. The fourth-order valence-corrected chi connectivity index (χ4v) is 2.36. The molecule has 3 heteroatoms. The number of likely N-dealkylation sites (N-methyl/N-ethyl adjacent to an activating group) is 1. The quantitative estimate of drug-likeness (QED) is 0.897. The summed E-state index contributed by atoms with van der Waals surface area (Å²) in [6, 6.07) is 11.0. The maximum Gasteiger partial charge on any atom is 0.0622 e. The van der Waals surface area contributed by atoms with Crippen molar-refractivity contribution in [3.63, 3.8) is 0 Å². The molecule has 0 radical (unpaired) electrons. The van der Waals surface area contributed by atoms with Crippen LogP contribution in [0.1, 0.15) is 29.7 Å². The van der Waals surface area contributed by atoms with Crippen LogP contribution in [-0.4, -0.2) is 12.0 Å². The Labute approximate surface area is 119 Å². The molecule has 1 aromatic heterocycles. The Kier molecular flexibility index (Phi) is 4.94.